The van der Waals surface area contributed by atoms with Crippen LogP contribution in [-0.4, -0.2) is 51.6 Å². The lowest BCUT2D eigenvalue weighted by molar-refractivity contribution is -0.120. The summed E-state index contributed by atoms with van der Waals surface area (Å²) in [5, 5.41) is 8.71. The van der Waals surface area contributed by atoms with E-state index in [0.717, 1.165) is 11.4 Å². The number of methoxy groups -OCH3 is 1. The smallest absolute Gasteiger partial charge is 0.256 e. The molecule has 1 aromatic carbocycles. The van der Waals surface area contributed by atoms with Gasteiger partial charge in [0.25, 0.3) is 5.91 Å². The fourth-order valence-corrected chi connectivity index (χ4v) is 3.87. The van der Waals surface area contributed by atoms with Gasteiger partial charge in [-0.05, 0) is 31.0 Å². The molecule has 0 unspecified atom stereocenters. The number of amides is 1. The first-order chi connectivity index (χ1) is 13.0. The fourth-order valence-electron chi connectivity index (χ4n) is 3.69. The molecule has 2 aromatic rings. The van der Waals surface area contributed by atoms with E-state index < -0.39 is 5.82 Å². The lowest BCUT2D eigenvalue weighted by atomic mass is 9.89. The molecule has 0 saturated carbocycles. The van der Waals surface area contributed by atoms with E-state index in [1.165, 1.54) is 18.2 Å². The third-order valence-corrected chi connectivity index (χ3v) is 5.51. The van der Waals surface area contributed by atoms with E-state index in [1.807, 2.05) is 4.68 Å². The van der Waals surface area contributed by atoms with Crippen LogP contribution in [0.15, 0.2) is 18.2 Å². The number of piperidine rings is 1. The summed E-state index contributed by atoms with van der Waals surface area (Å²) >= 11 is 5.91. The minimum Gasteiger partial charge on any atom is -0.378 e. The van der Waals surface area contributed by atoms with Crippen molar-refractivity contribution in [1.29, 1.82) is 0 Å². The first kappa shape index (κ1) is 18.3. The van der Waals surface area contributed by atoms with Gasteiger partial charge in [0.15, 0.2) is 0 Å². The molecular formula is C18H20ClFN4O3. The molecule has 2 aliphatic heterocycles. The van der Waals surface area contributed by atoms with Gasteiger partial charge in [0.1, 0.15) is 11.5 Å². The van der Waals surface area contributed by atoms with Gasteiger partial charge in [0.05, 0.1) is 36.6 Å². The predicted octanol–water partition coefficient (Wildman–Crippen LogP) is 2.42. The second-order valence-electron chi connectivity index (χ2n) is 6.96. The summed E-state index contributed by atoms with van der Waals surface area (Å²) in [7, 11) is 1.62. The largest absolute Gasteiger partial charge is 0.378 e. The summed E-state index contributed by atoms with van der Waals surface area (Å²) < 4.78 is 27.2. The summed E-state index contributed by atoms with van der Waals surface area (Å²) in [6.45, 7) is 2.38. The highest BCUT2D eigenvalue weighted by molar-refractivity contribution is 6.31. The van der Waals surface area contributed by atoms with Crippen LogP contribution in [-0.2, 0) is 29.2 Å². The Hall–Kier alpha value is -2.03. The summed E-state index contributed by atoms with van der Waals surface area (Å²) in [6, 6.07) is 4.02. The second-order valence-corrected chi connectivity index (χ2v) is 7.40. The number of rotatable bonds is 3. The molecule has 0 aliphatic carbocycles. The highest BCUT2D eigenvalue weighted by Gasteiger charge is 2.41. The van der Waals surface area contributed by atoms with Gasteiger partial charge in [0.2, 0.25) is 0 Å². The number of nitrogens with zero attached hydrogens (tertiary/aromatic N) is 4. The normalized spacial score (nSPS) is 18.6. The van der Waals surface area contributed by atoms with E-state index in [2.05, 4.69) is 10.3 Å². The predicted molar refractivity (Wildman–Crippen MR) is 94.8 cm³/mol. The maximum absolute atomic E-state index is 14.0. The Kier molecular flexibility index (Phi) is 4.88. The zero-order valence-corrected chi connectivity index (χ0v) is 15.7. The zero-order valence-electron chi connectivity index (χ0n) is 15.0. The fraction of sp³-hybridized carbons (Fsp3) is 0.500. The molecule has 144 valence electrons. The van der Waals surface area contributed by atoms with Crippen molar-refractivity contribution in [2.45, 2.75) is 38.2 Å². The van der Waals surface area contributed by atoms with E-state index in [4.69, 9.17) is 21.1 Å². The third kappa shape index (κ3) is 3.44. The molecule has 9 heteroatoms. The van der Waals surface area contributed by atoms with Gasteiger partial charge in [-0.2, -0.15) is 0 Å². The maximum atomic E-state index is 14.0. The van der Waals surface area contributed by atoms with Crippen LogP contribution in [0.1, 0.15) is 34.6 Å². The quantitative estimate of drug-likeness (QED) is 0.799. The van der Waals surface area contributed by atoms with Crippen LogP contribution in [0.3, 0.4) is 0 Å². The number of carbonyl (C=O) groups is 1. The van der Waals surface area contributed by atoms with Crippen molar-refractivity contribution in [2.75, 3.05) is 20.2 Å². The SMILES string of the molecule is COCc1nnn2c1COC1(CCN(C(=O)c3cc(Cl)ccc3F)CC1)C2. The average molecular weight is 395 g/mol. The Morgan fingerprint density at radius 2 is 2.19 bits per heavy atom. The molecule has 27 heavy (non-hydrogen) atoms. The van der Waals surface area contributed by atoms with E-state index in [9.17, 15) is 9.18 Å². The van der Waals surface area contributed by atoms with Crippen molar-refractivity contribution in [3.63, 3.8) is 0 Å². The van der Waals surface area contributed by atoms with Crippen molar-refractivity contribution >= 4 is 17.5 Å². The number of aromatic nitrogens is 3. The number of halogens is 2. The van der Waals surface area contributed by atoms with Crippen molar-refractivity contribution in [3.8, 4) is 0 Å². The van der Waals surface area contributed by atoms with Crippen LogP contribution in [0, 0.1) is 5.82 Å². The minimum absolute atomic E-state index is 0.00535. The van der Waals surface area contributed by atoms with E-state index in [1.54, 1.807) is 12.0 Å². The Labute approximate surface area is 161 Å². The molecule has 1 spiro atoms. The number of likely N-dealkylation sites (tertiary alicyclic amines) is 1. The molecule has 1 aromatic heterocycles. The monoisotopic (exact) mass is 394 g/mol. The first-order valence-corrected chi connectivity index (χ1v) is 9.18. The van der Waals surface area contributed by atoms with Gasteiger partial charge < -0.3 is 14.4 Å². The number of benzene rings is 1. The zero-order chi connectivity index (χ0) is 19.0. The molecule has 0 N–H and O–H groups in total. The van der Waals surface area contributed by atoms with Crippen molar-refractivity contribution in [2.24, 2.45) is 0 Å². The number of fused-ring (bicyclic) bond motifs is 1. The molecule has 2 aliphatic rings. The van der Waals surface area contributed by atoms with Gasteiger partial charge >= 0.3 is 0 Å². The highest BCUT2D eigenvalue weighted by atomic mass is 35.5. The summed E-state index contributed by atoms with van der Waals surface area (Å²) in [4.78, 5) is 14.3. The Balaban J connectivity index is 1.44. The van der Waals surface area contributed by atoms with Crippen molar-refractivity contribution < 1.29 is 18.7 Å². The Morgan fingerprint density at radius 3 is 2.93 bits per heavy atom. The van der Waals surface area contributed by atoms with E-state index in [-0.39, 0.29) is 17.1 Å². The summed E-state index contributed by atoms with van der Waals surface area (Å²) in [5.74, 6) is -0.902. The lowest BCUT2D eigenvalue weighted by Crippen LogP contribution is -2.52. The highest BCUT2D eigenvalue weighted by Crippen LogP contribution is 2.34. The van der Waals surface area contributed by atoms with Gasteiger partial charge in [-0.25, -0.2) is 9.07 Å². The van der Waals surface area contributed by atoms with Crippen LogP contribution >= 0.6 is 11.6 Å². The molecule has 0 bridgehead atoms. The van der Waals surface area contributed by atoms with Gasteiger partial charge in [-0.15, -0.1) is 5.10 Å². The Bertz CT molecular complexity index is 864. The molecule has 0 radical (unpaired) electrons. The van der Waals surface area contributed by atoms with Gasteiger partial charge in [-0.1, -0.05) is 16.8 Å². The number of ether oxygens (including phenoxy) is 2. The van der Waals surface area contributed by atoms with E-state index in [0.29, 0.717) is 50.7 Å². The van der Waals surface area contributed by atoms with Crippen LogP contribution in [0.25, 0.3) is 0 Å². The molecule has 4 rings (SSSR count). The third-order valence-electron chi connectivity index (χ3n) is 5.27. The lowest BCUT2D eigenvalue weighted by Gasteiger charge is -2.43. The number of carbonyl (C=O) groups excluding carboxylic acids is 1. The van der Waals surface area contributed by atoms with Crippen LogP contribution in [0.2, 0.25) is 5.02 Å². The molecule has 1 amide bonds. The van der Waals surface area contributed by atoms with Crippen LogP contribution in [0.4, 0.5) is 4.39 Å². The van der Waals surface area contributed by atoms with Gasteiger partial charge in [-0.3, -0.25) is 4.79 Å². The maximum Gasteiger partial charge on any atom is 0.256 e. The van der Waals surface area contributed by atoms with Crippen molar-refractivity contribution in [3.05, 3.63) is 46.0 Å². The molecular weight excluding hydrogens is 375 g/mol. The minimum atomic E-state index is -0.559. The van der Waals surface area contributed by atoms with Crippen LogP contribution < -0.4 is 0 Å². The number of hydrogen-bond donors (Lipinski definition) is 0. The van der Waals surface area contributed by atoms with Gasteiger partial charge in [0, 0.05) is 25.2 Å². The second kappa shape index (κ2) is 7.18. The molecule has 1 saturated heterocycles. The summed E-state index contributed by atoms with van der Waals surface area (Å²) in [6.07, 6.45) is 1.31. The summed E-state index contributed by atoms with van der Waals surface area (Å²) in [5.41, 5.74) is 1.35. The molecule has 1 fully saturated rings. The number of hydrogen-bond acceptors (Lipinski definition) is 5. The van der Waals surface area contributed by atoms with Crippen molar-refractivity contribution in [1.82, 2.24) is 19.9 Å². The topological polar surface area (TPSA) is 69.5 Å². The van der Waals surface area contributed by atoms with Crippen LogP contribution in [0.5, 0.6) is 0 Å². The molecule has 3 heterocycles. The molecule has 0 atom stereocenters. The average Bonchev–Trinajstić information content (AvgIpc) is 3.06. The molecule has 7 nitrogen and oxygen atoms in total. The Morgan fingerprint density at radius 1 is 1.41 bits per heavy atom. The standard InChI is InChI=1S/C18H20ClFN4O3/c1-26-9-15-16-10-27-18(11-24(16)22-21-15)4-6-23(7-5-18)17(25)13-8-12(19)2-3-14(13)20/h2-3,8H,4-7,9-11H2,1H3. The first-order valence-electron chi connectivity index (χ1n) is 8.80. The van der Waals surface area contributed by atoms with E-state index >= 15 is 0 Å².